The number of pyridine rings is 1. The third-order valence-corrected chi connectivity index (χ3v) is 4.33. The van der Waals surface area contributed by atoms with Crippen LogP contribution in [0.15, 0.2) is 12.3 Å². The summed E-state index contributed by atoms with van der Waals surface area (Å²) in [5.74, 6) is -0.561. The van der Waals surface area contributed by atoms with Crippen molar-refractivity contribution in [3.8, 4) is 0 Å². The molecule has 2 aromatic rings. The Balaban J connectivity index is 1.82. The second-order valence-corrected chi connectivity index (χ2v) is 5.86. The minimum atomic E-state index is -0.538. The van der Waals surface area contributed by atoms with Crippen molar-refractivity contribution < 1.29 is 9.18 Å². The number of aryl methyl sites for hydroxylation is 2. The van der Waals surface area contributed by atoms with E-state index in [0.717, 1.165) is 31.2 Å². The number of hydrogen-bond acceptors (Lipinski definition) is 5. The molecular weight excluding hydrogens is 291 g/mol. The van der Waals surface area contributed by atoms with Gasteiger partial charge in [-0.3, -0.25) is 10.1 Å². The molecule has 0 aromatic carbocycles. The summed E-state index contributed by atoms with van der Waals surface area (Å²) in [6.45, 7) is 2.49. The van der Waals surface area contributed by atoms with Crippen LogP contribution < -0.4 is 10.6 Å². The first-order valence-electron chi connectivity index (χ1n) is 6.86. The Morgan fingerprint density at radius 2 is 2.33 bits per heavy atom. The molecule has 1 aliphatic carbocycles. The number of aromatic nitrogens is 2. The number of amides is 1. The molecule has 0 unspecified atom stereocenters. The van der Waals surface area contributed by atoms with Gasteiger partial charge in [0.25, 0.3) is 5.91 Å². The number of nitrogens with one attached hydrogen (secondary N) is 2. The standard InChI is InChI=1S/C14H15FN4OS/c1-2-16-12-9(6-8(15)7-17-12)13(20)19-14-18-10-4-3-5-11(10)21-14/h6-7H,2-5H2,1H3,(H,16,17)(H,18,19,20). The summed E-state index contributed by atoms with van der Waals surface area (Å²) in [6, 6.07) is 1.18. The number of fused-ring (bicyclic) bond motifs is 1. The molecule has 0 saturated heterocycles. The van der Waals surface area contributed by atoms with Crippen LogP contribution in [0.4, 0.5) is 15.3 Å². The number of halogens is 1. The summed E-state index contributed by atoms with van der Waals surface area (Å²) >= 11 is 1.49. The first-order chi connectivity index (χ1) is 10.2. The largest absolute Gasteiger partial charge is 0.370 e. The van der Waals surface area contributed by atoms with Crippen LogP contribution in [-0.4, -0.2) is 22.4 Å². The van der Waals surface area contributed by atoms with E-state index in [9.17, 15) is 9.18 Å². The molecule has 2 heterocycles. The lowest BCUT2D eigenvalue weighted by Crippen LogP contribution is -2.16. The Morgan fingerprint density at radius 3 is 3.10 bits per heavy atom. The summed E-state index contributed by atoms with van der Waals surface area (Å²) < 4.78 is 13.3. The number of thiazole rings is 1. The molecule has 0 saturated carbocycles. The molecule has 110 valence electrons. The highest BCUT2D eigenvalue weighted by atomic mass is 32.1. The summed E-state index contributed by atoms with van der Waals surface area (Å²) in [6.07, 6.45) is 4.20. The Hall–Kier alpha value is -2.02. The molecule has 0 fully saturated rings. The molecule has 2 aromatic heterocycles. The van der Waals surface area contributed by atoms with Crippen LogP contribution in [0.1, 0.15) is 34.3 Å². The number of anilines is 2. The molecule has 0 bridgehead atoms. The van der Waals surface area contributed by atoms with E-state index in [2.05, 4.69) is 20.6 Å². The Kier molecular flexibility index (Phi) is 3.83. The van der Waals surface area contributed by atoms with Gasteiger partial charge in [0.05, 0.1) is 17.5 Å². The van der Waals surface area contributed by atoms with Crippen LogP contribution in [0.5, 0.6) is 0 Å². The van der Waals surface area contributed by atoms with Crippen LogP contribution in [-0.2, 0) is 12.8 Å². The maximum atomic E-state index is 13.3. The summed E-state index contributed by atoms with van der Waals surface area (Å²) in [4.78, 5) is 21.9. The number of rotatable bonds is 4. The highest BCUT2D eigenvalue weighted by molar-refractivity contribution is 7.16. The lowest BCUT2D eigenvalue weighted by atomic mass is 10.2. The lowest BCUT2D eigenvalue weighted by molar-refractivity contribution is 0.102. The zero-order valence-corrected chi connectivity index (χ0v) is 12.4. The van der Waals surface area contributed by atoms with E-state index in [0.29, 0.717) is 17.5 Å². The Morgan fingerprint density at radius 1 is 1.48 bits per heavy atom. The first kappa shape index (κ1) is 13.9. The molecule has 2 N–H and O–H groups in total. The topological polar surface area (TPSA) is 66.9 Å². The van der Waals surface area contributed by atoms with Gasteiger partial charge in [-0.05, 0) is 32.3 Å². The summed E-state index contributed by atoms with van der Waals surface area (Å²) in [5, 5.41) is 6.25. The van der Waals surface area contributed by atoms with Gasteiger partial charge in [-0.15, -0.1) is 11.3 Å². The predicted octanol–water partition coefficient (Wildman–Crippen LogP) is 2.85. The maximum absolute atomic E-state index is 13.3. The number of nitrogens with zero attached hydrogens (tertiary/aromatic N) is 2. The predicted molar refractivity (Wildman–Crippen MR) is 80.5 cm³/mol. The number of carbonyl (C=O) groups excluding carboxylic acids is 1. The van der Waals surface area contributed by atoms with Crippen LogP contribution in [0.3, 0.4) is 0 Å². The number of hydrogen-bond donors (Lipinski definition) is 2. The second kappa shape index (κ2) is 5.77. The van der Waals surface area contributed by atoms with E-state index in [1.165, 1.54) is 22.3 Å². The van der Waals surface area contributed by atoms with Gasteiger partial charge in [-0.2, -0.15) is 0 Å². The average molecular weight is 306 g/mol. The van der Waals surface area contributed by atoms with Gasteiger partial charge >= 0.3 is 0 Å². The van der Waals surface area contributed by atoms with Crippen molar-refractivity contribution in [2.45, 2.75) is 26.2 Å². The van der Waals surface area contributed by atoms with Gasteiger partial charge in [-0.1, -0.05) is 0 Å². The fraction of sp³-hybridized carbons (Fsp3) is 0.357. The molecule has 21 heavy (non-hydrogen) atoms. The molecule has 0 spiro atoms. The monoisotopic (exact) mass is 306 g/mol. The Labute approximate surface area is 125 Å². The van der Waals surface area contributed by atoms with Gasteiger partial charge in [0, 0.05) is 11.4 Å². The molecule has 5 nitrogen and oxygen atoms in total. The fourth-order valence-corrected chi connectivity index (χ4v) is 3.37. The van der Waals surface area contributed by atoms with E-state index in [4.69, 9.17) is 0 Å². The maximum Gasteiger partial charge on any atom is 0.261 e. The molecule has 3 rings (SSSR count). The quantitative estimate of drug-likeness (QED) is 0.911. The molecule has 1 aliphatic rings. The van der Waals surface area contributed by atoms with E-state index < -0.39 is 11.7 Å². The van der Waals surface area contributed by atoms with E-state index in [1.54, 1.807) is 0 Å². The van der Waals surface area contributed by atoms with Crippen LogP contribution in [0, 0.1) is 5.82 Å². The number of carbonyl (C=O) groups is 1. The van der Waals surface area contributed by atoms with Crippen LogP contribution in [0.2, 0.25) is 0 Å². The highest BCUT2D eigenvalue weighted by Crippen LogP contribution is 2.30. The minimum Gasteiger partial charge on any atom is -0.370 e. The molecule has 0 radical (unpaired) electrons. The van der Waals surface area contributed by atoms with Crippen molar-refractivity contribution in [3.05, 3.63) is 34.2 Å². The lowest BCUT2D eigenvalue weighted by Gasteiger charge is -2.09. The van der Waals surface area contributed by atoms with Crippen molar-refractivity contribution in [1.82, 2.24) is 9.97 Å². The van der Waals surface area contributed by atoms with Gasteiger partial charge in [0.1, 0.15) is 11.6 Å². The van der Waals surface area contributed by atoms with Gasteiger partial charge in [0.15, 0.2) is 5.13 Å². The van der Waals surface area contributed by atoms with E-state index in [-0.39, 0.29) is 5.56 Å². The molecular formula is C14H15FN4OS. The SMILES string of the molecule is CCNc1ncc(F)cc1C(=O)Nc1nc2c(s1)CCC2. The Bertz CT molecular complexity index is 664. The second-order valence-electron chi connectivity index (χ2n) is 4.78. The van der Waals surface area contributed by atoms with Gasteiger partial charge < -0.3 is 5.32 Å². The fourth-order valence-electron chi connectivity index (χ4n) is 2.33. The third-order valence-electron chi connectivity index (χ3n) is 3.26. The van der Waals surface area contributed by atoms with Crippen molar-refractivity contribution >= 4 is 28.2 Å². The smallest absolute Gasteiger partial charge is 0.261 e. The van der Waals surface area contributed by atoms with E-state index in [1.807, 2.05) is 6.92 Å². The van der Waals surface area contributed by atoms with Gasteiger partial charge in [-0.25, -0.2) is 14.4 Å². The average Bonchev–Trinajstić information content (AvgIpc) is 3.02. The van der Waals surface area contributed by atoms with Crippen molar-refractivity contribution in [2.24, 2.45) is 0 Å². The van der Waals surface area contributed by atoms with Crippen molar-refractivity contribution in [3.63, 3.8) is 0 Å². The summed E-state index contributed by atoms with van der Waals surface area (Å²) in [7, 11) is 0. The van der Waals surface area contributed by atoms with Crippen molar-refractivity contribution in [2.75, 3.05) is 17.2 Å². The van der Waals surface area contributed by atoms with Crippen molar-refractivity contribution in [1.29, 1.82) is 0 Å². The minimum absolute atomic E-state index is 0.187. The zero-order chi connectivity index (χ0) is 14.8. The molecule has 0 aliphatic heterocycles. The van der Waals surface area contributed by atoms with E-state index >= 15 is 0 Å². The van der Waals surface area contributed by atoms with Gasteiger partial charge in [0.2, 0.25) is 0 Å². The molecule has 0 atom stereocenters. The molecule has 1 amide bonds. The van der Waals surface area contributed by atoms with Crippen LogP contribution in [0.25, 0.3) is 0 Å². The normalized spacial score (nSPS) is 13.0. The first-order valence-corrected chi connectivity index (χ1v) is 7.68. The highest BCUT2D eigenvalue weighted by Gasteiger charge is 2.20. The zero-order valence-electron chi connectivity index (χ0n) is 11.6. The summed E-state index contributed by atoms with van der Waals surface area (Å²) in [5.41, 5.74) is 1.26. The third kappa shape index (κ3) is 2.87. The molecule has 7 heteroatoms. The van der Waals surface area contributed by atoms with Crippen LogP contribution >= 0.6 is 11.3 Å².